The fraction of sp³-hybridized carbons (Fsp3) is 0.500. The number of hydrogen-bond acceptors (Lipinski definition) is 3. The molecule has 0 saturated carbocycles. The Morgan fingerprint density at radius 1 is 1.50 bits per heavy atom. The summed E-state index contributed by atoms with van der Waals surface area (Å²) in [5.74, 6) is 0.663. The van der Waals surface area contributed by atoms with Crippen LogP contribution in [0.1, 0.15) is 5.76 Å². The Kier molecular flexibility index (Phi) is 4.76. The average Bonchev–Trinajstić information content (AvgIpc) is 2.51. The van der Waals surface area contributed by atoms with E-state index in [1.54, 1.807) is 12.1 Å². The highest BCUT2D eigenvalue weighted by molar-refractivity contribution is 14.1. The third-order valence-electron chi connectivity index (χ3n) is 1.57. The SMILES string of the molecule is OC(CNCc1ccc(I)o1)C(F)F. The van der Waals surface area contributed by atoms with Crippen molar-refractivity contribution in [3.8, 4) is 0 Å². The zero-order valence-electron chi connectivity index (χ0n) is 7.21. The van der Waals surface area contributed by atoms with E-state index in [2.05, 4.69) is 5.32 Å². The highest BCUT2D eigenvalue weighted by Crippen LogP contribution is 2.09. The van der Waals surface area contributed by atoms with Gasteiger partial charge in [0.05, 0.1) is 6.54 Å². The van der Waals surface area contributed by atoms with Crippen LogP contribution in [0.3, 0.4) is 0 Å². The van der Waals surface area contributed by atoms with E-state index in [-0.39, 0.29) is 6.54 Å². The Labute approximate surface area is 93.6 Å². The molecule has 0 aliphatic rings. The van der Waals surface area contributed by atoms with E-state index in [0.717, 1.165) is 3.77 Å². The lowest BCUT2D eigenvalue weighted by Gasteiger charge is -2.09. The molecular weight excluding hydrogens is 307 g/mol. The predicted molar refractivity (Wildman–Crippen MR) is 55.1 cm³/mol. The third-order valence-corrected chi connectivity index (χ3v) is 2.15. The van der Waals surface area contributed by atoms with Gasteiger partial charge < -0.3 is 14.8 Å². The Morgan fingerprint density at radius 3 is 2.71 bits per heavy atom. The Morgan fingerprint density at radius 2 is 2.21 bits per heavy atom. The first-order valence-corrected chi connectivity index (χ1v) is 5.08. The molecule has 3 nitrogen and oxygen atoms in total. The number of furan rings is 1. The molecule has 0 aromatic carbocycles. The zero-order chi connectivity index (χ0) is 10.6. The van der Waals surface area contributed by atoms with E-state index in [0.29, 0.717) is 12.3 Å². The van der Waals surface area contributed by atoms with Gasteiger partial charge in [-0.15, -0.1) is 0 Å². The first kappa shape index (κ1) is 11.9. The Hall–Kier alpha value is -0.210. The van der Waals surface area contributed by atoms with E-state index in [1.165, 1.54) is 0 Å². The van der Waals surface area contributed by atoms with Crippen LogP contribution in [0, 0.1) is 3.77 Å². The molecule has 14 heavy (non-hydrogen) atoms. The number of alkyl halides is 2. The van der Waals surface area contributed by atoms with Crippen LogP contribution in [-0.4, -0.2) is 24.2 Å². The Bertz CT molecular complexity index is 280. The normalized spacial score (nSPS) is 13.5. The minimum absolute atomic E-state index is 0.144. The number of aliphatic hydroxyl groups excluding tert-OH is 1. The molecule has 2 N–H and O–H groups in total. The lowest BCUT2D eigenvalue weighted by atomic mass is 10.3. The van der Waals surface area contributed by atoms with Crippen LogP contribution >= 0.6 is 22.6 Å². The molecule has 1 atom stereocenters. The van der Waals surface area contributed by atoms with Crippen molar-refractivity contribution in [2.45, 2.75) is 19.1 Å². The molecule has 0 bridgehead atoms. The predicted octanol–water partition coefficient (Wildman–Crippen LogP) is 1.60. The molecule has 0 fully saturated rings. The summed E-state index contributed by atoms with van der Waals surface area (Å²) in [7, 11) is 0. The van der Waals surface area contributed by atoms with Gasteiger partial charge in [-0.3, -0.25) is 0 Å². The fourth-order valence-corrected chi connectivity index (χ4v) is 1.34. The monoisotopic (exact) mass is 317 g/mol. The minimum atomic E-state index is -2.71. The number of halogens is 3. The lowest BCUT2D eigenvalue weighted by molar-refractivity contribution is -0.00360. The van der Waals surface area contributed by atoms with Crippen LogP contribution in [0.2, 0.25) is 0 Å². The number of nitrogens with one attached hydrogen (secondary N) is 1. The third kappa shape index (κ3) is 3.89. The standard InChI is InChI=1S/C8H10F2INO2/c9-8(10)6(13)4-12-3-5-1-2-7(11)14-5/h1-2,6,8,12-13H,3-4H2. The molecule has 0 aliphatic heterocycles. The van der Waals surface area contributed by atoms with Gasteiger partial charge in [0.25, 0.3) is 6.43 Å². The Balaban J connectivity index is 2.22. The maximum absolute atomic E-state index is 11.8. The van der Waals surface area contributed by atoms with Crippen molar-refractivity contribution < 1.29 is 18.3 Å². The molecule has 0 saturated heterocycles. The van der Waals surface area contributed by atoms with Crippen LogP contribution in [0.15, 0.2) is 16.5 Å². The van der Waals surface area contributed by atoms with Gasteiger partial charge in [0.15, 0.2) is 3.77 Å². The second-order valence-corrected chi connectivity index (χ2v) is 3.80. The largest absolute Gasteiger partial charge is 0.454 e. The summed E-state index contributed by atoms with van der Waals surface area (Å²) in [5, 5.41) is 11.4. The second kappa shape index (κ2) is 5.62. The quantitative estimate of drug-likeness (QED) is 0.811. The van der Waals surface area contributed by atoms with E-state index in [9.17, 15) is 8.78 Å². The molecular formula is C8H10F2INO2. The van der Waals surface area contributed by atoms with Gasteiger partial charge in [0, 0.05) is 6.54 Å². The van der Waals surface area contributed by atoms with Crippen molar-refractivity contribution in [2.75, 3.05) is 6.54 Å². The smallest absolute Gasteiger partial charge is 0.265 e. The average molecular weight is 317 g/mol. The van der Waals surface area contributed by atoms with Crippen LogP contribution in [-0.2, 0) is 6.54 Å². The van der Waals surface area contributed by atoms with Crippen LogP contribution in [0.5, 0.6) is 0 Å². The zero-order valence-corrected chi connectivity index (χ0v) is 9.37. The number of aliphatic hydroxyl groups is 1. The highest BCUT2D eigenvalue weighted by Gasteiger charge is 2.15. The summed E-state index contributed by atoms with van der Waals surface area (Å²) in [6, 6.07) is 3.53. The van der Waals surface area contributed by atoms with Gasteiger partial charge in [-0.05, 0) is 34.7 Å². The lowest BCUT2D eigenvalue weighted by Crippen LogP contribution is -2.31. The molecule has 0 aliphatic carbocycles. The number of hydrogen-bond donors (Lipinski definition) is 2. The van der Waals surface area contributed by atoms with Gasteiger partial charge in [0.1, 0.15) is 11.9 Å². The molecule has 1 heterocycles. The summed E-state index contributed by atoms with van der Waals surface area (Å²) in [6.45, 7) is 0.196. The topological polar surface area (TPSA) is 45.4 Å². The maximum atomic E-state index is 11.8. The number of rotatable bonds is 5. The summed E-state index contributed by atoms with van der Waals surface area (Å²) in [5.41, 5.74) is 0. The first-order valence-electron chi connectivity index (χ1n) is 4.00. The van der Waals surface area contributed by atoms with E-state index in [4.69, 9.17) is 9.52 Å². The molecule has 6 heteroatoms. The second-order valence-electron chi connectivity index (χ2n) is 2.74. The van der Waals surface area contributed by atoms with Crippen molar-refractivity contribution >= 4 is 22.6 Å². The van der Waals surface area contributed by atoms with Crippen LogP contribution in [0.25, 0.3) is 0 Å². The minimum Gasteiger partial charge on any atom is -0.454 e. The molecule has 1 unspecified atom stereocenters. The summed E-state index contributed by atoms with van der Waals surface area (Å²) < 4.78 is 29.6. The van der Waals surface area contributed by atoms with Gasteiger partial charge in [-0.1, -0.05) is 0 Å². The van der Waals surface area contributed by atoms with Gasteiger partial charge in [0.2, 0.25) is 0 Å². The van der Waals surface area contributed by atoms with Crippen molar-refractivity contribution in [1.82, 2.24) is 5.32 Å². The van der Waals surface area contributed by atoms with E-state index in [1.807, 2.05) is 22.6 Å². The van der Waals surface area contributed by atoms with E-state index >= 15 is 0 Å². The highest BCUT2D eigenvalue weighted by atomic mass is 127. The summed E-state index contributed by atoms with van der Waals surface area (Å²) >= 11 is 2.01. The summed E-state index contributed by atoms with van der Waals surface area (Å²) in [6.07, 6.45) is -4.33. The van der Waals surface area contributed by atoms with Gasteiger partial charge >= 0.3 is 0 Å². The molecule has 1 rings (SSSR count). The van der Waals surface area contributed by atoms with Crippen LogP contribution < -0.4 is 5.32 Å². The van der Waals surface area contributed by atoms with Gasteiger partial charge in [-0.2, -0.15) is 0 Å². The molecule has 80 valence electrons. The molecule has 1 aromatic rings. The molecule has 0 spiro atoms. The van der Waals surface area contributed by atoms with E-state index < -0.39 is 12.5 Å². The van der Waals surface area contributed by atoms with Crippen molar-refractivity contribution in [2.24, 2.45) is 0 Å². The molecule has 0 radical (unpaired) electrons. The van der Waals surface area contributed by atoms with Gasteiger partial charge in [-0.25, -0.2) is 8.78 Å². The summed E-state index contributed by atoms with van der Waals surface area (Å²) in [4.78, 5) is 0. The van der Waals surface area contributed by atoms with Crippen molar-refractivity contribution in [3.05, 3.63) is 21.7 Å². The van der Waals surface area contributed by atoms with Crippen LogP contribution in [0.4, 0.5) is 8.78 Å². The van der Waals surface area contributed by atoms with Crippen molar-refractivity contribution in [3.63, 3.8) is 0 Å². The first-order chi connectivity index (χ1) is 6.59. The molecule has 1 aromatic heterocycles. The molecule has 0 amide bonds. The maximum Gasteiger partial charge on any atom is 0.265 e. The van der Waals surface area contributed by atoms with Crippen molar-refractivity contribution in [1.29, 1.82) is 0 Å². The fourth-order valence-electron chi connectivity index (χ4n) is 0.879.